The Balaban J connectivity index is 1.27. The molecule has 0 spiro atoms. The first kappa shape index (κ1) is 17.8. The van der Waals surface area contributed by atoms with Crippen LogP contribution in [0.2, 0.25) is 0 Å². The largest absolute Gasteiger partial charge is 0.454 e. The van der Waals surface area contributed by atoms with E-state index in [0.29, 0.717) is 23.0 Å². The summed E-state index contributed by atoms with van der Waals surface area (Å²) in [5.41, 5.74) is 2.16. The second kappa shape index (κ2) is 8.39. The van der Waals surface area contributed by atoms with Gasteiger partial charge in [-0.05, 0) is 30.5 Å². The van der Waals surface area contributed by atoms with E-state index in [9.17, 15) is 4.79 Å². The second-order valence-electron chi connectivity index (χ2n) is 6.32. The molecule has 4 rings (SSSR count). The molecule has 2 aromatic carbocycles. The number of carbonyl (C=O) groups excluding carboxylic acids is 1. The van der Waals surface area contributed by atoms with Crippen molar-refractivity contribution in [2.75, 3.05) is 24.0 Å². The quantitative estimate of drug-likeness (QED) is 0.614. The minimum atomic E-state index is -0.331. The van der Waals surface area contributed by atoms with E-state index in [-0.39, 0.29) is 18.4 Å². The zero-order valence-corrected chi connectivity index (χ0v) is 15.2. The normalized spacial score (nSPS) is 11.9. The third kappa shape index (κ3) is 4.37. The van der Waals surface area contributed by atoms with Crippen molar-refractivity contribution in [2.45, 2.75) is 12.8 Å². The standard InChI is InChI=1S/C21H20N4O3/c26-21(25-16-8-9-18-19(11-16)28-14-27-18)17-12-24-20(13-23-17)22-10-4-7-15-5-2-1-3-6-15/h1-3,5-6,8-9,11-13H,4,7,10,14H2,(H,22,24)(H,25,26). The van der Waals surface area contributed by atoms with Crippen LogP contribution < -0.4 is 20.1 Å². The van der Waals surface area contributed by atoms with Crippen LogP contribution >= 0.6 is 0 Å². The fraction of sp³-hybridized carbons (Fsp3) is 0.190. The predicted molar refractivity (Wildman–Crippen MR) is 106 cm³/mol. The number of nitrogens with zero attached hydrogens (tertiary/aromatic N) is 2. The van der Waals surface area contributed by atoms with Crippen molar-refractivity contribution in [1.29, 1.82) is 0 Å². The van der Waals surface area contributed by atoms with Gasteiger partial charge in [-0.25, -0.2) is 9.97 Å². The Morgan fingerprint density at radius 2 is 1.86 bits per heavy atom. The number of rotatable bonds is 7. The molecule has 7 nitrogen and oxygen atoms in total. The van der Waals surface area contributed by atoms with Crippen molar-refractivity contribution in [3.8, 4) is 11.5 Å². The summed E-state index contributed by atoms with van der Waals surface area (Å²) in [6.07, 6.45) is 5.01. The fourth-order valence-corrected chi connectivity index (χ4v) is 2.86. The summed E-state index contributed by atoms with van der Waals surface area (Å²) < 4.78 is 10.6. The number of amides is 1. The van der Waals surface area contributed by atoms with Crippen LogP contribution in [-0.4, -0.2) is 29.2 Å². The second-order valence-corrected chi connectivity index (χ2v) is 6.32. The molecule has 0 radical (unpaired) electrons. The van der Waals surface area contributed by atoms with Gasteiger partial charge in [0.1, 0.15) is 11.5 Å². The number of anilines is 2. The van der Waals surface area contributed by atoms with Crippen molar-refractivity contribution in [2.24, 2.45) is 0 Å². The highest BCUT2D eigenvalue weighted by molar-refractivity contribution is 6.02. The van der Waals surface area contributed by atoms with Gasteiger partial charge >= 0.3 is 0 Å². The Morgan fingerprint density at radius 3 is 2.68 bits per heavy atom. The van der Waals surface area contributed by atoms with E-state index in [1.54, 1.807) is 24.4 Å². The van der Waals surface area contributed by atoms with Crippen LogP contribution in [0, 0.1) is 0 Å². The summed E-state index contributed by atoms with van der Waals surface area (Å²) in [4.78, 5) is 20.8. The molecule has 1 aromatic heterocycles. The Kier molecular flexibility index (Phi) is 5.33. The number of nitrogens with one attached hydrogen (secondary N) is 2. The highest BCUT2D eigenvalue weighted by atomic mass is 16.7. The van der Waals surface area contributed by atoms with Gasteiger partial charge in [0.05, 0.1) is 12.4 Å². The minimum Gasteiger partial charge on any atom is -0.454 e. The Bertz CT molecular complexity index is 946. The topological polar surface area (TPSA) is 85.4 Å². The molecule has 7 heteroatoms. The van der Waals surface area contributed by atoms with Crippen molar-refractivity contribution < 1.29 is 14.3 Å². The summed E-state index contributed by atoms with van der Waals surface area (Å²) in [5.74, 6) is 1.59. The first-order chi connectivity index (χ1) is 13.8. The van der Waals surface area contributed by atoms with E-state index >= 15 is 0 Å². The number of hydrogen-bond donors (Lipinski definition) is 2. The average molecular weight is 376 g/mol. The molecule has 28 heavy (non-hydrogen) atoms. The van der Waals surface area contributed by atoms with Crippen LogP contribution in [0.15, 0.2) is 60.9 Å². The molecule has 142 valence electrons. The van der Waals surface area contributed by atoms with E-state index in [2.05, 4.69) is 32.7 Å². The van der Waals surface area contributed by atoms with Gasteiger partial charge < -0.3 is 20.1 Å². The molecule has 0 bridgehead atoms. The van der Waals surface area contributed by atoms with Crippen LogP contribution in [-0.2, 0) is 6.42 Å². The number of benzene rings is 2. The maximum atomic E-state index is 12.3. The van der Waals surface area contributed by atoms with E-state index in [4.69, 9.17) is 9.47 Å². The van der Waals surface area contributed by atoms with Crippen molar-refractivity contribution >= 4 is 17.4 Å². The summed E-state index contributed by atoms with van der Waals surface area (Å²) in [5, 5.41) is 6.00. The van der Waals surface area contributed by atoms with Gasteiger partial charge in [-0.1, -0.05) is 30.3 Å². The maximum absolute atomic E-state index is 12.3. The minimum absolute atomic E-state index is 0.192. The Morgan fingerprint density at radius 1 is 1.00 bits per heavy atom. The van der Waals surface area contributed by atoms with Crippen molar-refractivity contribution in [3.63, 3.8) is 0 Å². The first-order valence-electron chi connectivity index (χ1n) is 9.09. The van der Waals surface area contributed by atoms with Crippen LogP contribution in [0.25, 0.3) is 0 Å². The predicted octanol–water partition coefficient (Wildman–Crippen LogP) is 3.50. The van der Waals surface area contributed by atoms with Gasteiger partial charge in [-0.15, -0.1) is 0 Å². The number of carbonyl (C=O) groups is 1. The molecule has 3 aromatic rings. The lowest BCUT2D eigenvalue weighted by Crippen LogP contribution is -2.14. The lowest BCUT2D eigenvalue weighted by atomic mass is 10.1. The molecule has 1 amide bonds. The summed E-state index contributed by atoms with van der Waals surface area (Å²) in [7, 11) is 0. The number of hydrogen-bond acceptors (Lipinski definition) is 6. The van der Waals surface area contributed by atoms with Gasteiger partial charge in [-0.2, -0.15) is 0 Å². The van der Waals surface area contributed by atoms with Gasteiger partial charge in [0.15, 0.2) is 11.5 Å². The summed E-state index contributed by atoms with van der Waals surface area (Å²) in [6, 6.07) is 15.6. The SMILES string of the molecule is O=C(Nc1ccc2c(c1)OCO2)c1cnc(NCCCc2ccccc2)cn1. The van der Waals surface area contributed by atoms with E-state index in [0.717, 1.165) is 19.4 Å². The molecule has 0 saturated heterocycles. The van der Waals surface area contributed by atoms with Crippen LogP contribution in [0.5, 0.6) is 11.5 Å². The number of aryl methyl sites for hydroxylation is 1. The number of fused-ring (bicyclic) bond motifs is 1. The maximum Gasteiger partial charge on any atom is 0.275 e. The molecule has 0 aliphatic carbocycles. The van der Waals surface area contributed by atoms with E-state index in [1.165, 1.54) is 11.8 Å². The molecule has 0 unspecified atom stereocenters. The van der Waals surface area contributed by atoms with Crippen molar-refractivity contribution in [3.05, 3.63) is 72.2 Å². The Hall–Kier alpha value is -3.61. The molecule has 0 saturated carbocycles. The third-order valence-corrected chi connectivity index (χ3v) is 4.31. The first-order valence-corrected chi connectivity index (χ1v) is 9.09. The molecular formula is C21H20N4O3. The monoisotopic (exact) mass is 376 g/mol. The fourth-order valence-electron chi connectivity index (χ4n) is 2.86. The van der Waals surface area contributed by atoms with Crippen molar-refractivity contribution in [1.82, 2.24) is 9.97 Å². The van der Waals surface area contributed by atoms with Crippen LogP contribution in [0.3, 0.4) is 0 Å². The van der Waals surface area contributed by atoms with Gasteiger partial charge in [0, 0.05) is 18.3 Å². The molecule has 2 N–H and O–H groups in total. The summed E-state index contributed by atoms with van der Waals surface area (Å²) in [6.45, 7) is 0.977. The molecule has 0 fully saturated rings. The zero-order chi connectivity index (χ0) is 19.2. The average Bonchev–Trinajstić information content (AvgIpc) is 3.20. The molecule has 1 aliphatic heterocycles. The zero-order valence-electron chi connectivity index (χ0n) is 15.2. The highest BCUT2D eigenvalue weighted by Crippen LogP contribution is 2.34. The lowest BCUT2D eigenvalue weighted by Gasteiger charge is -2.07. The van der Waals surface area contributed by atoms with Crippen LogP contribution in [0.4, 0.5) is 11.5 Å². The summed E-state index contributed by atoms with van der Waals surface area (Å²) >= 11 is 0. The van der Waals surface area contributed by atoms with E-state index < -0.39 is 0 Å². The van der Waals surface area contributed by atoms with Gasteiger partial charge in [-0.3, -0.25) is 4.79 Å². The number of aromatic nitrogens is 2. The van der Waals surface area contributed by atoms with Gasteiger partial charge in [0.25, 0.3) is 5.91 Å². The molecule has 0 atom stereocenters. The number of ether oxygens (including phenoxy) is 2. The van der Waals surface area contributed by atoms with E-state index in [1.807, 2.05) is 18.2 Å². The Labute approximate surface area is 162 Å². The smallest absolute Gasteiger partial charge is 0.275 e. The highest BCUT2D eigenvalue weighted by Gasteiger charge is 2.15. The lowest BCUT2D eigenvalue weighted by molar-refractivity contribution is 0.102. The molecule has 1 aliphatic rings. The van der Waals surface area contributed by atoms with Gasteiger partial charge in [0.2, 0.25) is 6.79 Å². The molecular weight excluding hydrogens is 356 g/mol. The molecule has 2 heterocycles. The third-order valence-electron chi connectivity index (χ3n) is 4.31. The van der Waals surface area contributed by atoms with Crippen LogP contribution in [0.1, 0.15) is 22.5 Å².